The van der Waals surface area contributed by atoms with Gasteiger partial charge in [0.15, 0.2) is 0 Å². The molecule has 2 aliphatic heterocycles. The summed E-state index contributed by atoms with van der Waals surface area (Å²) < 4.78 is 18.7. The molecule has 3 amide bonds. The number of anilines is 2. The van der Waals surface area contributed by atoms with Crippen LogP contribution in [0.25, 0.3) is 0 Å². The molecular weight excluding hydrogens is 451 g/mol. The first-order valence-corrected chi connectivity index (χ1v) is 12.0. The van der Waals surface area contributed by atoms with Crippen molar-refractivity contribution in [3.63, 3.8) is 0 Å². The Labute approximate surface area is 202 Å². The van der Waals surface area contributed by atoms with E-state index in [4.69, 9.17) is 4.74 Å². The number of carbonyl (C=O) groups is 4. The van der Waals surface area contributed by atoms with Gasteiger partial charge in [-0.15, -0.1) is 0 Å². The van der Waals surface area contributed by atoms with E-state index in [-0.39, 0.29) is 48.3 Å². The van der Waals surface area contributed by atoms with E-state index in [0.717, 1.165) is 19.3 Å². The second-order valence-corrected chi connectivity index (χ2v) is 9.89. The van der Waals surface area contributed by atoms with Crippen molar-refractivity contribution in [3.05, 3.63) is 53.8 Å². The van der Waals surface area contributed by atoms with Gasteiger partial charge < -0.3 is 9.64 Å². The molecule has 7 nitrogen and oxygen atoms in total. The molecule has 2 aromatic carbocycles. The van der Waals surface area contributed by atoms with Crippen molar-refractivity contribution in [2.45, 2.75) is 39.5 Å². The standard InChI is InChI=1S/C27H27FN2O5/c1-15-3-9-21-22(11-15)26(33)30(25(21)32)23-10-8-20(12-16(23)2)35-27(34)17-13-24(31)29(14-17)19-6-4-18(28)5-7-19/h4-8,10,12,15,17,21-22H,3,9,11,13-14H2,1-2H3/t15-,17+,21+,22+/m0/s1. The number of hydrogen-bond acceptors (Lipinski definition) is 5. The minimum Gasteiger partial charge on any atom is -0.426 e. The average Bonchev–Trinajstić information content (AvgIpc) is 3.32. The predicted octanol–water partition coefficient (Wildman–Crippen LogP) is 4.02. The minimum atomic E-state index is -0.653. The van der Waals surface area contributed by atoms with Crippen LogP contribution in [0.1, 0.15) is 38.2 Å². The van der Waals surface area contributed by atoms with E-state index < -0.39 is 17.7 Å². The summed E-state index contributed by atoms with van der Waals surface area (Å²) in [5.74, 6) is -1.91. The van der Waals surface area contributed by atoms with Crippen LogP contribution in [0.3, 0.4) is 0 Å². The highest BCUT2D eigenvalue weighted by atomic mass is 19.1. The number of nitrogens with zero attached hydrogens (tertiary/aromatic N) is 2. The summed E-state index contributed by atoms with van der Waals surface area (Å²) in [5, 5.41) is 0. The molecule has 0 bridgehead atoms. The van der Waals surface area contributed by atoms with Gasteiger partial charge in [-0.05, 0) is 80.1 Å². The predicted molar refractivity (Wildman–Crippen MR) is 126 cm³/mol. The van der Waals surface area contributed by atoms with Crippen LogP contribution in [0, 0.1) is 36.4 Å². The molecule has 35 heavy (non-hydrogen) atoms. The second-order valence-electron chi connectivity index (χ2n) is 9.89. The topological polar surface area (TPSA) is 84.0 Å². The number of halogens is 1. The molecule has 1 aliphatic carbocycles. The quantitative estimate of drug-likeness (QED) is 0.377. The van der Waals surface area contributed by atoms with Gasteiger partial charge in [-0.2, -0.15) is 0 Å². The zero-order chi connectivity index (χ0) is 24.9. The Kier molecular flexibility index (Phi) is 5.91. The van der Waals surface area contributed by atoms with E-state index in [9.17, 15) is 23.6 Å². The van der Waals surface area contributed by atoms with Gasteiger partial charge in [0, 0.05) is 18.7 Å². The molecule has 2 heterocycles. The molecular formula is C27H27FN2O5. The van der Waals surface area contributed by atoms with Crippen LogP contribution in [0.4, 0.5) is 15.8 Å². The van der Waals surface area contributed by atoms with E-state index in [2.05, 4.69) is 6.92 Å². The molecule has 1 saturated carbocycles. The molecule has 2 aromatic rings. The highest BCUT2D eigenvalue weighted by Crippen LogP contribution is 2.43. The van der Waals surface area contributed by atoms with Crippen LogP contribution in [0.2, 0.25) is 0 Å². The smallest absolute Gasteiger partial charge is 0.316 e. The van der Waals surface area contributed by atoms with Crippen molar-refractivity contribution in [3.8, 4) is 5.75 Å². The molecule has 8 heteroatoms. The Balaban J connectivity index is 1.27. The first kappa shape index (κ1) is 23.2. The van der Waals surface area contributed by atoms with E-state index in [0.29, 0.717) is 22.9 Å². The van der Waals surface area contributed by atoms with Gasteiger partial charge in [0.05, 0.1) is 23.4 Å². The molecule has 5 rings (SSSR count). The number of hydrogen-bond donors (Lipinski definition) is 0. The number of esters is 1. The monoisotopic (exact) mass is 478 g/mol. The van der Waals surface area contributed by atoms with Gasteiger partial charge >= 0.3 is 5.97 Å². The summed E-state index contributed by atoms with van der Waals surface area (Å²) in [6.07, 6.45) is 2.42. The molecule has 0 aromatic heterocycles. The lowest BCUT2D eigenvalue weighted by atomic mass is 9.76. The van der Waals surface area contributed by atoms with Crippen LogP contribution in [0.15, 0.2) is 42.5 Å². The fourth-order valence-electron chi connectivity index (χ4n) is 5.50. The fourth-order valence-corrected chi connectivity index (χ4v) is 5.50. The maximum atomic E-state index is 13.2. The second kappa shape index (κ2) is 8.91. The first-order valence-electron chi connectivity index (χ1n) is 12.0. The maximum Gasteiger partial charge on any atom is 0.316 e. The lowest BCUT2D eigenvalue weighted by molar-refractivity contribution is -0.139. The number of carbonyl (C=O) groups excluding carboxylic acids is 4. The summed E-state index contributed by atoms with van der Waals surface area (Å²) in [7, 11) is 0. The lowest BCUT2D eigenvalue weighted by Gasteiger charge is -2.25. The number of fused-ring (bicyclic) bond motifs is 1. The van der Waals surface area contributed by atoms with E-state index >= 15 is 0 Å². The van der Waals surface area contributed by atoms with E-state index in [1.165, 1.54) is 34.1 Å². The van der Waals surface area contributed by atoms with Crippen molar-refractivity contribution in [2.75, 3.05) is 16.3 Å². The molecule has 0 N–H and O–H groups in total. The summed E-state index contributed by atoms with van der Waals surface area (Å²) in [5.41, 5.74) is 1.70. The van der Waals surface area contributed by atoms with Crippen molar-refractivity contribution < 1.29 is 28.3 Å². The van der Waals surface area contributed by atoms with Crippen molar-refractivity contribution in [1.82, 2.24) is 0 Å². The normalized spacial score (nSPS) is 26.3. The van der Waals surface area contributed by atoms with Gasteiger partial charge in [0.2, 0.25) is 17.7 Å². The maximum absolute atomic E-state index is 13.2. The molecule has 0 unspecified atom stereocenters. The number of aryl methyl sites for hydroxylation is 1. The summed E-state index contributed by atoms with van der Waals surface area (Å²) in [4.78, 5) is 54.0. The Morgan fingerprint density at radius 3 is 2.43 bits per heavy atom. The van der Waals surface area contributed by atoms with Crippen LogP contribution in [-0.4, -0.2) is 30.2 Å². The fraction of sp³-hybridized carbons (Fsp3) is 0.407. The largest absolute Gasteiger partial charge is 0.426 e. The third-order valence-corrected chi connectivity index (χ3v) is 7.41. The highest BCUT2D eigenvalue weighted by molar-refractivity contribution is 6.22. The number of imide groups is 1. The van der Waals surface area contributed by atoms with Crippen molar-refractivity contribution >= 4 is 35.1 Å². The zero-order valence-electron chi connectivity index (χ0n) is 19.7. The molecule has 3 aliphatic rings. The molecule has 0 radical (unpaired) electrons. The highest BCUT2D eigenvalue weighted by Gasteiger charge is 2.50. The number of benzene rings is 2. The molecule has 2 saturated heterocycles. The molecule has 182 valence electrons. The van der Waals surface area contributed by atoms with Crippen molar-refractivity contribution in [2.24, 2.45) is 23.7 Å². The zero-order valence-corrected chi connectivity index (χ0v) is 19.7. The van der Waals surface area contributed by atoms with Crippen LogP contribution >= 0.6 is 0 Å². The van der Waals surface area contributed by atoms with Gasteiger partial charge in [0.25, 0.3) is 0 Å². The van der Waals surface area contributed by atoms with Crippen LogP contribution in [0.5, 0.6) is 5.75 Å². The summed E-state index contributed by atoms with van der Waals surface area (Å²) in [6.45, 7) is 4.04. The van der Waals surface area contributed by atoms with E-state index in [1.54, 1.807) is 25.1 Å². The van der Waals surface area contributed by atoms with Gasteiger partial charge in [0.1, 0.15) is 11.6 Å². The third kappa shape index (κ3) is 4.22. The number of amides is 3. The minimum absolute atomic E-state index is 0.00521. The van der Waals surface area contributed by atoms with Gasteiger partial charge in [-0.25, -0.2) is 9.29 Å². The summed E-state index contributed by atoms with van der Waals surface area (Å²) >= 11 is 0. The van der Waals surface area contributed by atoms with E-state index in [1.807, 2.05) is 0 Å². The Morgan fingerprint density at radius 2 is 1.71 bits per heavy atom. The summed E-state index contributed by atoms with van der Waals surface area (Å²) in [6, 6.07) is 10.4. The van der Waals surface area contributed by atoms with Gasteiger partial charge in [-0.3, -0.25) is 19.2 Å². The van der Waals surface area contributed by atoms with Crippen LogP contribution < -0.4 is 14.5 Å². The SMILES string of the molecule is Cc1cc(OC(=O)[C@@H]2CC(=O)N(c3ccc(F)cc3)C2)ccc1N1C(=O)[C@@H]2CC[C@H](C)C[C@H]2C1=O. The van der Waals surface area contributed by atoms with Crippen LogP contribution in [-0.2, 0) is 19.2 Å². The average molecular weight is 479 g/mol. The number of ether oxygens (including phenoxy) is 1. The van der Waals surface area contributed by atoms with Crippen molar-refractivity contribution in [1.29, 1.82) is 0 Å². The first-order chi connectivity index (χ1) is 16.7. The third-order valence-electron chi connectivity index (χ3n) is 7.41. The Morgan fingerprint density at radius 1 is 1.00 bits per heavy atom. The Hall–Kier alpha value is -3.55. The number of rotatable bonds is 4. The van der Waals surface area contributed by atoms with Gasteiger partial charge in [-0.1, -0.05) is 6.92 Å². The molecule has 4 atom stereocenters. The molecule has 0 spiro atoms. The molecule has 3 fully saturated rings. The Bertz CT molecular complexity index is 1210. The lowest BCUT2D eigenvalue weighted by Crippen LogP contribution is -2.31.